The predicted octanol–water partition coefficient (Wildman–Crippen LogP) is 1.58. The summed E-state index contributed by atoms with van der Waals surface area (Å²) in [5, 5.41) is 9.36. The van der Waals surface area contributed by atoms with E-state index in [9.17, 15) is 4.79 Å². The van der Waals surface area contributed by atoms with Crippen molar-refractivity contribution in [1.82, 2.24) is 10.2 Å². The number of nitrogens with zero attached hydrogens (tertiary/aromatic N) is 1. The van der Waals surface area contributed by atoms with Crippen LogP contribution in [0.4, 0.5) is 11.5 Å². The Labute approximate surface area is 110 Å². The van der Waals surface area contributed by atoms with Crippen LogP contribution in [0.5, 0.6) is 0 Å². The van der Waals surface area contributed by atoms with Crippen molar-refractivity contribution < 1.29 is 9.53 Å². The van der Waals surface area contributed by atoms with E-state index in [0.29, 0.717) is 30.3 Å². The number of nitrogen functional groups attached to an aromatic ring is 1. The maximum atomic E-state index is 12.1. The average molecular weight is 258 g/mol. The van der Waals surface area contributed by atoms with Crippen LogP contribution >= 0.6 is 0 Å². The van der Waals surface area contributed by atoms with E-state index in [1.165, 1.54) is 0 Å². The number of nitrogens with one attached hydrogen (secondary N) is 2. The molecule has 2 aromatic rings. The van der Waals surface area contributed by atoms with Crippen molar-refractivity contribution in [2.45, 2.75) is 20.1 Å². The van der Waals surface area contributed by atoms with Gasteiger partial charge in [-0.05, 0) is 30.2 Å². The standard InChI is InChI=1S/C13H14N4O2/c1-7-11(14)12(17-16-7)15-13(18)8-2-3-9-5-19-6-10(9)4-8/h2-4H,5-6,14H2,1H3,(H2,15,16,17,18). The summed E-state index contributed by atoms with van der Waals surface area (Å²) in [6.07, 6.45) is 0. The number of H-pyrrole nitrogens is 1. The molecular weight excluding hydrogens is 244 g/mol. The zero-order valence-corrected chi connectivity index (χ0v) is 10.5. The van der Waals surface area contributed by atoms with Crippen molar-refractivity contribution in [3.05, 3.63) is 40.6 Å². The molecule has 0 fully saturated rings. The zero-order chi connectivity index (χ0) is 13.4. The van der Waals surface area contributed by atoms with Crippen LogP contribution in [0.1, 0.15) is 27.2 Å². The minimum absolute atomic E-state index is 0.229. The quantitative estimate of drug-likeness (QED) is 0.762. The summed E-state index contributed by atoms with van der Waals surface area (Å²) in [6.45, 7) is 2.97. The highest BCUT2D eigenvalue weighted by molar-refractivity contribution is 6.05. The number of aromatic nitrogens is 2. The molecular formula is C13H14N4O2. The molecule has 0 saturated carbocycles. The Morgan fingerprint density at radius 3 is 2.95 bits per heavy atom. The van der Waals surface area contributed by atoms with Crippen LogP contribution in [0.25, 0.3) is 0 Å². The highest BCUT2D eigenvalue weighted by Gasteiger charge is 2.16. The number of fused-ring (bicyclic) bond motifs is 1. The number of hydrogen-bond acceptors (Lipinski definition) is 4. The molecule has 98 valence electrons. The lowest BCUT2D eigenvalue weighted by Crippen LogP contribution is -2.13. The summed E-state index contributed by atoms with van der Waals surface area (Å²) < 4.78 is 5.32. The molecule has 0 radical (unpaired) electrons. The lowest BCUT2D eigenvalue weighted by molar-refractivity contribution is 0.102. The molecule has 0 bridgehead atoms. The molecule has 0 unspecified atom stereocenters. The molecule has 6 nitrogen and oxygen atoms in total. The van der Waals surface area contributed by atoms with Crippen molar-refractivity contribution in [3.63, 3.8) is 0 Å². The van der Waals surface area contributed by atoms with Crippen LogP contribution in [-0.4, -0.2) is 16.1 Å². The second-order valence-corrected chi connectivity index (χ2v) is 4.54. The number of carbonyl (C=O) groups excluding carboxylic acids is 1. The number of aryl methyl sites for hydroxylation is 1. The van der Waals surface area contributed by atoms with Gasteiger partial charge in [-0.2, -0.15) is 5.10 Å². The van der Waals surface area contributed by atoms with Gasteiger partial charge in [-0.1, -0.05) is 6.07 Å². The fourth-order valence-corrected chi connectivity index (χ4v) is 2.03. The first kappa shape index (κ1) is 11.7. The minimum Gasteiger partial charge on any atom is -0.394 e. The summed E-state index contributed by atoms with van der Waals surface area (Å²) >= 11 is 0. The van der Waals surface area contributed by atoms with E-state index < -0.39 is 0 Å². The SMILES string of the molecule is Cc1[nH]nc(NC(=O)c2ccc3c(c2)COC3)c1N. The molecule has 0 spiro atoms. The van der Waals surface area contributed by atoms with Gasteiger partial charge >= 0.3 is 0 Å². The number of ether oxygens (including phenoxy) is 1. The molecule has 4 N–H and O–H groups in total. The van der Waals surface area contributed by atoms with Crippen LogP contribution in [0.2, 0.25) is 0 Å². The Morgan fingerprint density at radius 1 is 1.42 bits per heavy atom. The van der Waals surface area contributed by atoms with Gasteiger partial charge in [-0.25, -0.2) is 0 Å². The molecule has 1 aliphatic heterocycles. The van der Waals surface area contributed by atoms with Gasteiger partial charge in [0.25, 0.3) is 5.91 Å². The third-order valence-corrected chi connectivity index (χ3v) is 3.21. The normalized spacial score (nSPS) is 13.3. The van der Waals surface area contributed by atoms with Gasteiger partial charge in [-0.3, -0.25) is 9.89 Å². The minimum atomic E-state index is -0.229. The van der Waals surface area contributed by atoms with E-state index in [2.05, 4.69) is 15.5 Å². The first-order valence-corrected chi connectivity index (χ1v) is 5.96. The van der Waals surface area contributed by atoms with Crippen molar-refractivity contribution in [2.75, 3.05) is 11.1 Å². The fraction of sp³-hybridized carbons (Fsp3) is 0.231. The van der Waals surface area contributed by atoms with E-state index in [-0.39, 0.29) is 5.91 Å². The van der Waals surface area contributed by atoms with Crippen molar-refractivity contribution >= 4 is 17.4 Å². The second kappa shape index (κ2) is 4.40. The smallest absolute Gasteiger partial charge is 0.256 e. The molecule has 2 heterocycles. The van der Waals surface area contributed by atoms with Gasteiger partial charge in [0.1, 0.15) is 0 Å². The van der Waals surface area contributed by atoms with Gasteiger partial charge in [0.05, 0.1) is 24.6 Å². The molecule has 3 rings (SSSR count). The van der Waals surface area contributed by atoms with Crippen LogP contribution in [0.15, 0.2) is 18.2 Å². The van der Waals surface area contributed by atoms with E-state index in [4.69, 9.17) is 10.5 Å². The lowest BCUT2D eigenvalue weighted by atomic mass is 10.1. The lowest BCUT2D eigenvalue weighted by Gasteiger charge is -2.05. The molecule has 1 aromatic carbocycles. The first-order valence-electron chi connectivity index (χ1n) is 5.96. The average Bonchev–Trinajstić information content (AvgIpc) is 2.99. The van der Waals surface area contributed by atoms with Crippen LogP contribution in [-0.2, 0) is 18.0 Å². The Hall–Kier alpha value is -2.34. The monoisotopic (exact) mass is 258 g/mol. The van der Waals surface area contributed by atoms with Crippen LogP contribution in [0, 0.1) is 6.92 Å². The number of hydrogen-bond donors (Lipinski definition) is 3. The van der Waals surface area contributed by atoms with Gasteiger partial charge in [0.15, 0.2) is 5.82 Å². The molecule has 1 amide bonds. The zero-order valence-electron chi connectivity index (χ0n) is 10.5. The molecule has 0 aliphatic carbocycles. The number of nitrogens with two attached hydrogens (primary N) is 1. The Morgan fingerprint density at radius 2 is 2.21 bits per heavy atom. The maximum absolute atomic E-state index is 12.1. The third kappa shape index (κ3) is 2.06. The summed E-state index contributed by atoms with van der Waals surface area (Å²) in [6, 6.07) is 5.53. The Balaban J connectivity index is 1.83. The first-order chi connectivity index (χ1) is 9.15. The van der Waals surface area contributed by atoms with Gasteiger partial charge in [0.2, 0.25) is 0 Å². The Bertz CT molecular complexity index is 648. The molecule has 0 atom stereocenters. The summed E-state index contributed by atoms with van der Waals surface area (Å²) in [4.78, 5) is 12.1. The van der Waals surface area contributed by atoms with Crippen molar-refractivity contribution in [2.24, 2.45) is 0 Å². The van der Waals surface area contributed by atoms with E-state index in [0.717, 1.165) is 16.8 Å². The Kier molecular flexibility index (Phi) is 2.72. The molecule has 1 aromatic heterocycles. The number of anilines is 2. The van der Waals surface area contributed by atoms with Gasteiger partial charge in [0, 0.05) is 5.56 Å². The topological polar surface area (TPSA) is 93.0 Å². The largest absolute Gasteiger partial charge is 0.394 e. The number of amides is 1. The van der Waals surface area contributed by atoms with Crippen LogP contribution in [0.3, 0.4) is 0 Å². The van der Waals surface area contributed by atoms with Crippen LogP contribution < -0.4 is 11.1 Å². The summed E-state index contributed by atoms with van der Waals surface area (Å²) in [5.74, 6) is 0.132. The van der Waals surface area contributed by atoms with E-state index in [1.807, 2.05) is 12.1 Å². The predicted molar refractivity (Wildman–Crippen MR) is 70.6 cm³/mol. The fourth-order valence-electron chi connectivity index (χ4n) is 2.03. The molecule has 6 heteroatoms. The second-order valence-electron chi connectivity index (χ2n) is 4.54. The number of aromatic amines is 1. The highest BCUT2D eigenvalue weighted by Crippen LogP contribution is 2.22. The summed E-state index contributed by atoms with van der Waals surface area (Å²) in [7, 11) is 0. The molecule has 0 saturated heterocycles. The number of carbonyl (C=O) groups is 1. The van der Waals surface area contributed by atoms with Gasteiger partial charge in [-0.15, -0.1) is 0 Å². The van der Waals surface area contributed by atoms with Crippen molar-refractivity contribution in [3.8, 4) is 0 Å². The van der Waals surface area contributed by atoms with E-state index in [1.54, 1.807) is 13.0 Å². The summed E-state index contributed by atoms with van der Waals surface area (Å²) in [5.41, 5.74) is 9.74. The van der Waals surface area contributed by atoms with Gasteiger partial charge < -0.3 is 15.8 Å². The highest BCUT2D eigenvalue weighted by atomic mass is 16.5. The van der Waals surface area contributed by atoms with Crippen molar-refractivity contribution in [1.29, 1.82) is 0 Å². The maximum Gasteiger partial charge on any atom is 0.256 e. The number of rotatable bonds is 2. The van der Waals surface area contributed by atoms with E-state index >= 15 is 0 Å². The number of benzene rings is 1. The molecule has 19 heavy (non-hydrogen) atoms. The third-order valence-electron chi connectivity index (χ3n) is 3.21. The molecule has 1 aliphatic rings.